The summed E-state index contributed by atoms with van der Waals surface area (Å²) in [4.78, 5) is 28.7. The van der Waals surface area contributed by atoms with Gasteiger partial charge in [0.25, 0.3) is 0 Å². The molecule has 4 rings (SSSR count). The van der Waals surface area contributed by atoms with Gasteiger partial charge in [-0.05, 0) is 102 Å². The first-order chi connectivity index (χ1) is 18.6. The molecule has 2 heterocycles. The van der Waals surface area contributed by atoms with E-state index in [0.29, 0.717) is 17.3 Å². The van der Waals surface area contributed by atoms with Gasteiger partial charge in [-0.25, -0.2) is 0 Å². The first-order valence-electron chi connectivity index (χ1n) is 14.4. The molecule has 1 aromatic heterocycles. The number of thioether (sulfide) groups is 1. The fourth-order valence-corrected chi connectivity index (χ4v) is 7.24. The topological polar surface area (TPSA) is 96.0 Å². The molecule has 3 atom stereocenters. The van der Waals surface area contributed by atoms with Gasteiger partial charge in [0.15, 0.2) is 5.17 Å². The summed E-state index contributed by atoms with van der Waals surface area (Å²) >= 11 is 1.80. The Hall–Kier alpha value is -2.45. The third-order valence-corrected chi connectivity index (χ3v) is 9.19. The van der Waals surface area contributed by atoms with Crippen LogP contribution >= 0.6 is 11.8 Å². The van der Waals surface area contributed by atoms with E-state index in [4.69, 9.17) is 5.73 Å². The summed E-state index contributed by atoms with van der Waals surface area (Å²) in [6.07, 6.45) is 19.2. The molecule has 0 aromatic carbocycles. The average Bonchev–Trinajstić information content (AvgIpc) is 3.31. The van der Waals surface area contributed by atoms with E-state index in [9.17, 15) is 4.79 Å². The number of hydrogen-bond donors (Lipinski definition) is 2. The number of nitrogens with zero attached hydrogens (tertiary/aromatic N) is 4. The zero-order valence-electron chi connectivity index (χ0n) is 23.0. The molecule has 2 saturated carbocycles. The predicted molar refractivity (Wildman–Crippen MR) is 160 cm³/mol. The van der Waals surface area contributed by atoms with Crippen molar-refractivity contribution in [1.82, 2.24) is 15.2 Å². The fraction of sp³-hybridized carbons (Fsp3) is 0.600. The van der Waals surface area contributed by atoms with Gasteiger partial charge in [0.05, 0.1) is 17.4 Å². The van der Waals surface area contributed by atoms with Gasteiger partial charge in [0.1, 0.15) is 0 Å². The van der Waals surface area contributed by atoms with Gasteiger partial charge in [0.2, 0.25) is 5.91 Å². The van der Waals surface area contributed by atoms with Crippen LogP contribution < -0.4 is 11.1 Å². The van der Waals surface area contributed by atoms with Gasteiger partial charge in [-0.1, -0.05) is 30.8 Å². The van der Waals surface area contributed by atoms with Crippen LogP contribution in [0.4, 0.5) is 0 Å². The van der Waals surface area contributed by atoms with E-state index < -0.39 is 0 Å². The first kappa shape index (κ1) is 28.6. The summed E-state index contributed by atoms with van der Waals surface area (Å²) in [6.45, 7) is 6.60. The highest BCUT2D eigenvalue weighted by atomic mass is 32.2. The second-order valence-corrected chi connectivity index (χ2v) is 12.0. The number of fused-ring (bicyclic) bond motifs is 1. The highest BCUT2D eigenvalue weighted by Crippen LogP contribution is 2.38. The van der Waals surface area contributed by atoms with Crippen molar-refractivity contribution in [2.24, 2.45) is 21.6 Å². The van der Waals surface area contributed by atoms with E-state index in [0.717, 1.165) is 35.3 Å². The summed E-state index contributed by atoms with van der Waals surface area (Å²) in [5, 5.41) is 4.55. The molecule has 3 N–H and O–H groups in total. The van der Waals surface area contributed by atoms with Crippen LogP contribution in [0.15, 0.2) is 58.8 Å². The Morgan fingerprint density at radius 3 is 2.76 bits per heavy atom. The highest BCUT2D eigenvalue weighted by Gasteiger charge is 2.37. The van der Waals surface area contributed by atoms with Crippen LogP contribution in [-0.2, 0) is 4.79 Å². The lowest BCUT2D eigenvalue weighted by Crippen LogP contribution is -2.44. The molecular weight excluding hydrogens is 492 g/mol. The number of pyridine rings is 1. The highest BCUT2D eigenvalue weighted by molar-refractivity contribution is 8.14. The Morgan fingerprint density at radius 2 is 2.03 bits per heavy atom. The van der Waals surface area contributed by atoms with Crippen molar-refractivity contribution in [3.8, 4) is 0 Å². The van der Waals surface area contributed by atoms with E-state index in [1.165, 1.54) is 64.1 Å². The van der Waals surface area contributed by atoms with Crippen LogP contribution in [-0.4, -0.2) is 63.1 Å². The van der Waals surface area contributed by atoms with Crippen LogP contribution in [0, 0.1) is 5.92 Å². The molecule has 1 amide bonds. The average molecular weight is 537 g/mol. The van der Waals surface area contributed by atoms with E-state index in [1.807, 2.05) is 37.3 Å². The zero-order valence-corrected chi connectivity index (χ0v) is 23.8. The molecule has 1 aliphatic heterocycles. The lowest BCUT2D eigenvalue weighted by atomic mass is 9.83. The Bertz CT molecular complexity index is 1010. The Balaban J connectivity index is 1.19. The minimum atomic E-state index is -0.0721. The number of hydrogen-bond acceptors (Lipinski definition) is 7. The molecule has 2 fully saturated rings. The van der Waals surface area contributed by atoms with Gasteiger partial charge in [-0.3, -0.25) is 19.8 Å². The molecule has 2 unspecified atom stereocenters. The number of amidine groups is 1. The minimum absolute atomic E-state index is 0.0721. The van der Waals surface area contributed by atoms with Crippen LogP contribution in [0.1, 0.15) is 77.3 Å². The molecule has 0 spiro atoms. The van der Waals surface area contributed by atoms with Crippen molar-refractivity contribution in [3.05, 3.63) is 54.5 Å². The standard InChI is InChI=1S/C30H44N6OS/c1-3-7-25(26-8-5-6-17-32-26)33-18-15-29(37)34-23-11-9-22(10-12-23)16-20-36(19-4-2)24-13-14-27-28(21-24)38-30(31)35-27/h3,5-8,15,17-18,22-24,27-28H,4,9-14,16,19-21H2,1-2H3,(H2,31,35)(H,34,37)/b7-3-,18-15+,33-25-/t22?,23?,24-,27?,28?/m0/s1. The molecule has 0 bridgehead atoms. The minimum Gasteiger partial charge on any atom is -0.379 e. The third-order valence-electron chi connectivity index (χ3n) is 8.03. The number of aromatic nitrogens is 1. The van der Waals surface area contributed by atoms with Crippen molar-refractivity contribution in [3.63, 3.8) is 0 Å². The fourth-order valence-electron chi connectivity index (χ4n) is 6.06. The molecule has 8 heteroatoms. The predicted octanol–water partition coefficient (Wildman–Crippen LogP) is 5.09. The van der Waals surface area contributed by atoms with Crippen molar-refractivity contribution in [1.29, 1.82) is 0 Å². The maximum Gasteiger partial charge on any atom is 0.245 e. The van der Waals surface area contributed by atoms with Crippen LogP contribution in [0.3, 0.4) is 0 Å². The van der Waals surface area contributed by atoms with Gasteiger partial charge in [-0.2, -0.15) is 0 Å². The Morgan fingerprint density at radius 1 is 1.18 bits per heavy atom. The largest absolute Gasteiger partial charge is 0.379 e. The second kappa shape index (κ2) is 14.6. The molecule has 2 aliphatic carbocycles. The molecule has 38 heavy (non-hydrogen) atoms. The summed E-state index contributed by atoms with van der Waals surface area (Å²) in [5.74, 6) is 0.678. The summed E-state index contributed by atoms with van der Waals surface area (Å²) in [7, 11) is 0. The molecule has 0 radical (unpaired) electrons. The zero-order chi connectivity index (χ0) is 26.7. The van der Waals surface area contributed by atoms with Crippen LogP contribution in [0.25, 0.3) is 0 Å². The lowest BCUT2D eigenvalue weighted by Gasteiger charge is -2.39. The SMILES string of the molecule is C\C=C/C(=N/C=C/C(=O)NC1CCC(CCN(CCC)[C@H]2CCC3N=C(N)SC3C2)CC1)c1ccccn1. The van der Waals surface area contributed by atoms with E-state index in [-0.39, 0.29) is 11.9 Å². The summed E-state index contributed by atoms with van der Waals surface area (Å²) in [6, 6.07) is 7.09. The number of carbonyl (C=O) groups excluding carboxylic acids is 1. The molecule has 206 valence electrons. The van der Waals surface area contributed by atoms with E-state index in [2.05, 4.69) is 32.1 Å². The number of nitrogens with two attached hydrogens (primary N) is 1. The first-order valence-corrected chi connectivity index (χ1v) is 15.3. The summed E-state index contributed by atoms with van der Waals surface area (Å²) in [5.41, 5.74) is 7.53. The van der Waals surface area contributed by atoms with Gasteiger partial charge in [-0.15, -0.1) is 0 Å². The van der Waals surface area contributed by atoms with Gasteiger partial charge in [0, 0.05) is 35.8 Å². The van der Waals surface area contributed by atoms with Crippen molar-refractivity contribution < 1.29 is 4.79 Å². The molecule has 7 nitrogen and oxygen atoms in total. The maximum atomic E-state index is 12.5. The molecular formula is C30H44N6OS. The Labute approximate surface area is 232 Å². The number of allylic oxidation sites excluding steroid dienone is 2. The van der Waals surface area contributed by atoms with Crippen molar-refractivity contribution in [2.45, 2.75) is 95.0 Å². The van der Waals surface area contributed by atoms with E-state index >= 15 is 0 Å². The lowest BCUT2D eigenvalue weighted by molar-refractivity contribution is -0.117. The number of aliphatic imine (C=N–C) groups is 2. The number of carbonyl (C=O) groups is 1. The van der Waals surface area contributed by atoms with Crippen LogP contribution in [0.2, 0.25) is 0 Å². The third kappa shape index (κ3) is 8.27. The van der Waals surface area contributed by atoms with E-state index in [1.54, 1.807) is 24.2 Å². The van der Waals surface area contributed by atoms with Crippen LogP contribution in [0.5, 0.6) is 0 Å². The molecule has 0 saturated heterocycles. The molecule has 1 aromatic rings. The number of rotatable bonds is 11. The number of amides is 1. The van der Waals surface area contributed by atoms with Gasteiger partial charge < -0.3 is 16.0 Å². The van der Waals surface area contributed by atoms with Crippen molar-refractivity contribution in [2.75, 3.05) is 13.1 Å². The second-order valence-electron chi connectivity index (χ2n) is 10.8. The smallest absolute Gasteiger partial charge is 0.245 e. The quantitative estimate of drug-likeness (QED) is 0.303. The van der Waals surface area contributed by atoms with Crippen molar-refractivity contribution >= 4 is 28.5 Å². The van der Waals surface area contributed by atoms with Gasteiger partial charge >= 0.3 is 0 Å². The maximum absolute atomic E-state index is 12.5. The molecule has 3 aliphatic rings. The Kier molecular flexibility index (Phi) is 11.0. The number of nitrogens with one attached hydrogen (secondary N) is 1. The summed E-state index contributed by atoms with van der Waals surface area (Å²) < 4.78 is 0. The normalized spacial score (nSPS) is 28.1. The monoisotopic (exact) mass is 536 g/mol.